The summed E-state index contributed by atoms with van der Waals surface area (Å²) in [5.74, 6) is -0.225. The van der Waals surface area contributed by atoms with Crippen molar-refractivity contribution < 1.29 is 9.90 Å². The highest BCUT2D eigenvalue weighted by Crippen LogP contribution is 2.25. The molecule has 2 rings (SSSR count). The standard InChI is InChI=1S/C17H23N3O2S/c1-11-6-5-7-12(8-11)9-13(10-21)18-16(22)14-15(17(2,3)4)19-20-23-14/h5-8,13,21H,9-10H2,1-4H3,(H,18,22)/t13-/m1/s1. The molecule has 0 radical (unpaired) electrons. The quantitative estimate of drug-likeness (QED) is 0.881. The summed E-state index contributed by atoms with van der Waals surface area (Å²) >= 11 is 1.09. The second-order valence-electron chi connectivity index (χ2n) is 6.75. The summed E-state index contributed by atoms with van der Waals surface area (Å²) in [6.45, 7) is 7.90. The molecule has 1 aromatic heterocycles. The van der Waals surface area contributed by atoms with Gasteiger partial charge in [-0.3, -0.25) is 4.79 Å². The number of nitrogens with zero attached hydrogens (tertiary/aromatic N) is 2. The van der Waals surface area contributed by atoms with Crippen molar-refractivity contribution in [3.05, 3.63) is 46.0 Å². The predicted molar refractivity (Wildman–Crippen MR) is 91.8 cm³/mol. The Balaban J connectivity index is 2.10. The van der Waals surface area contributed by atoms with E-state index in [-0.39, 0.29) is 24.0 Å². The van der Waals surface area contributed by atoms with E-state index in [1.807, 2.05) is 45.9 Å². The van der Waals surface area contributed by atoms with E-state index in [9.17, 15) is 9.90 Å². The number of carbonyl (C=O) groups excluding carboxylic acids is 1. The molecular formula is C17H23N3O2S. The minimum Gasteiger partial charge on any atom is -0.394 e. The van der Waals surface area contributed by atoms with Crippen molar-refractivity contribution >= 4 is 17.4 Å². The van der Waals surface area contributed by atoms with Crippen LogP contribution in [0.3, 0.4) is 0 Å². The van der Waals surface area contributed by atoms with E-state index in [2.05, 4.69) is 21.0 Å². The van der Waals surface area contributed by atoms with Crippen molar-refractivity contribution in [2.75, 3.05) is 6.61 Å². The molecule has 1 amide bonds. The predicted octanol–water partition coefficient (Wildman–Crippen LogP) is 2.48. The minimum absolute atomic E-state index is 0.114. The van der Waals surface area contributed by atoms with E-state index < -0.39 is 0 Å². The van der Waals surface area contributed by atoms with Crippen LogP contribution in [-0.2, 0) is 11.8 Å². The van der Waals surface area contributed by atoms with Gasteiger partial charge in [0.1, 0.15) is 4.88 Å². The summed E-state index contributed by atoms with van der Waals surface area (Å²) in [4.78, 5) is 13.0. The van der Waals surface area contributed by atoms with Crippen LogP contribution in [-0.4, -0.2) is 33.2 Å². The minimum atomic E-state index is -0.334. The molecule has 0 aliphatic carbocycles. The van der Waals surface area contributed by atoms with Gasteiger partial charge in [-0.05, 0) is 30.4 Å². The first kappa shape index (κ1) is 17.6. The maximum absolute atomic E-state index is 12.5. The van der Waals surface area contributed by atoms with Crippen LogP contribution in [0.5, 0.6) is 0 Å². The zero-order chi connectivity index (χ0) is 17.0. The summed E-state index contributed by atoms with van der Waals surface area (Å²) in [7, 11) is 0. The molecule has 1 heterocycles. The molecule has 23 heavy (non-hydrogen) atoms. The van der Waals surface area contributed by atoms with E-state index >= 15 is 0 Å². The number of benzene rings is 1. The van der Waals surface area contributed by atoms with Gasteiger partial charge in [0.05, 0.1) is 18.3 Å². The van der Waals surface area contributed by atoms with E-state index in [0.29, 0.717) is 17.0 Å². The summed E-state index contributed by atoms with van der Waals surface area (Å²) in [6.07, 6.45) is 0.584. The summed E-state index contributed by atoms with van der Waals surface area (Å²) in [5, 5.41) is 16.6. The first-order valence-electron chi connectivity index (χ1n) is 7.61. The molecule has 124 valence electrons. The third-order valence-corrected chi connectivity index (χ3v) is 4.25. The van der Waals surface area contributed by atoms with Gasteiger partial charge in [-0.1, -0.05) is 55.1 Å². The van der Waals surface area contributed by atoms with Gasteiger partial charge in [0, 0.05) is 5.41 Å². The summed E-state index contributed by atoms with van der Waals surface area (Å²) < 4.78 is 3.91. The Morgan fingerprint density at radius 1 is 1.39 bits per heavy atom. The Bertz CT molecular complexity index is 676. The Morgan fingerprint density at radius 2 is 2.13 bits per heavy atom. The van der Waals surface area contributed by atoms with Crippen LogP contribution in [0.2, 0.25) is 0 Å². The summed E-state index contributed by atoms with van der Waals surface area (Å²) in [5.41, 5.74) is 2.69. The Hall–Kier alpha value is -1.79. The van der Waals surface area contributed by atoms with Gasteiger partial charge in [-0.25, -0.2) is 0 Å². The molecule has 1 atom stereocenters. The maximum atomic E-state index is 12.5. The molecular weight excluding hydrogens is 310 g/mol. The first-order valence-corrected chi connectivity index (χ1v) is 8.38. The van der Waals surface area contributed by atoms with Crippen molar-refractivity contribution in [2.45, 2.75) is 45.6 Å². The number of nitrogens with one attached hydrogen (secondary N) is 1. The lowest BCUT2D eigenvalue weighted by atomic mass is 9.91. The van der Waals surface area contributed by atoms with Crippen LogP contribution in [0.1, 0.15) is 47.3 Å². The van der Waals surface area contributed by atoms with Crippen molar-refractivity contribution in [3.8, 4) is 0 Å². The Labute approximate surface area is 140 Å². The number of aryl methyl sites for hydroxylation is 1. The molecule has 2 aromatic rings. The number of aliphatic hydroxyl groups excluding tert-OH is 1. The monoisotopic (exact) mass is 333 g/mol. The summed E-state index contributed by atoms with van der Waals surface area (Å²) in [6, 6.07) is 7.72. The van der Waals surface area contributed by atoms with Gasteiger partial charge in [-0.15, -0.1) is 5.10 Å². The van der Waals surface area contributed by atoms with Crippen LogP contribution in [0.4, 0.5) is 0 Å². The number of amides is 1. The molecule has 0 saturated heterocycles. The van der Waals surface area contributed by atoms with Gasteiger partial charge < -0.3 is 10.4 Å². The van der Waals surface area contributed by atoms with Crippen LogP contribution in [0, 0.1) is 6.92 Å². The lowest BCUT2D eigenvalue weighted by molar-refractivity contribution is 0.0918. The highest BCUT2D eigenvalue weighted by Gasteiger charge is 2.27. The smallest absolute Gasteiger partial charge is 0.265 e. The molecule has 6 heteroatoms. The first-order chi connectivity index (χ1) is 10.8. The second kappa shape index (κ2) is 7.19. The second-order valence-corrected chi connectivity index (χ2v) is 7.50. The molecule has 5 nitrogen and oxygen atoms in total. The number of aliphatic hydroxyl groups is 1. The van der Waals surface area contributed by atoms with E-state index in [1.165, 1.54) is 0 Å². The zero-order valence-corrected chi connectivity index (χ0v) is 14.8. The van der Waals surface area contributed by atoms with E-state index in [4.69, 9.17) is 0 Å². The van der Waals surface area contributed by atoms with E-state index in [1.54, 1.807) is 0 Å². The third kappa shape index (κ3) is 4.59. The molecule has 2 N–H and O–H groups in total. The fraction of sp³-hybridized carbons (Fsp3) is 0.471. The maximum Gasteiger partial charge on any atom is 0.265 e. The van der Waals surface area contributed by atoms with Crippen LogP contribution in [0.25, 0.3) is 0 Å². The molecule has 0 fully saturated rings. The fourth-order valence-corrected chi connectivity index (χ4v) is 3.15. The topological polar surface area (TPSA) is 75.1 Å². The number of aromatic nitrogens is 2. The van der Waals surface area contributed by atoms with Crippen LogP contribution >= 0.6 is 11.5 Å². The molecule has 0 aliphatic heterocycles. The number of rotatable bonds is 5. The van der Waals surface area contributed by atoms with Crippen LogP contribution in [0.15, 0.2) is 24.3 Å². The van der Waals surface area contributed by atoms with Gasteiger partial charge in [0.25, 0.3) is 5.91 Å². The average Bonchev–Trinajstić information content (AvgIpc) is 2.96. The van der Waals surface area contributed by atoms with Crippen molar-refractivity contribution in [1.82, 2.24) is 14.9 Å². The normalized spacial score (nSPS) is 12.9. The van der Waals surface area contributed by atoms with Gasteiger partial charge >= 0.3 is 0 Å². The molecule has 0 aliphatic rings. The van der Waals surface area contributed by atoms with E-state index in [0.717, 1.165) is 22.7 Å². The largest absolute Gasteiger partial charge is 0.394 e. The van der Waals surface area contributed by atoms with Crippen molar-refractivity contribution in [1.29, 1.82) is 0 Å². The van der Waals surface area contributed by atoms with Crippen molar-refractivity contribution in [2.24, 2.45) is 0 Å². The molecule has 0 unspecified atom stereocenters. The molecule has 0 spiro atoms. The number of carbonyl (C=O) groups is 1. The number of hydrogen-bond donors (Lipinski definition) is 2. The third-order valence-electron chi connectivity index (χ3n) is 3.52. The highest BCUT2D eigenvalue weighted by molar-refractivity contribution is 7.08. The average molecular weight is 333 g/mol. The molecule has 0 saturated carbocycles. The Kier molecular flexibility index (Phi) is 5.49. The van der Waals surface area contributed by atoms with Crippen molar-refractivity contribution in [3.63, 3.8) is 0 Å². The zero-order valence-electron chi connectivity index (χ0n) is 14.0. The fourth-order valence-electron chi connectivity index (χ4n) is 2.37. The number of hydrogen-bond acceptors (Lipinski definition) is 5. The lowest BCUT2D eigenvalue weighted by Gasteiger charge is -2.19. The molecule has 0 bridgehead atoms. The van der Waals surface area contributed by atoms with Gasteiger partial charge in [0.2, 0.25) is 0 Å². The van der Waals surface area contributed by atoms with Crippen LogP contribution < -0.4 is 5.32 Å². The molecule has 1 aromatic carbocycles. The highest BCUT2D eigenvalue weighted by atomic mass is 32.1. The van der Waals surface area contributed by atoms with Gasteiger partial charge in [0.15, 0.2) is 0 Å². The lowest BCUT2D eigenvalue weighted by Crippen LogP contribution is -2.39. The SMILES string of the molecule is Cc1cccc(C[C@H](CO)NC(=O)c2snnc2C(C)(C)C)c1. The van der Waals surface area contributed by atoms with Gasteiger partial charge in [-0.2, -0.15) is 0 Å². The Morgan fingerprint density at radius 3 is 2.74 bits per heavy atom.